The third-order valence-electron chi connectivity index (χ3n) is 3.59. The van der Waals surface area contributed by atoms with E-state index in [1.807, 2.05) is 0 Å². The van der Waals surface area contributed by atoms with Crippen LogP contribution in [0.15, 0.2) is 6.20 Å². The zero-order chi connectivity index (χ0) is 11.8. The molecule has 0 aromatic carbocycles. The molecule has 1 aliphatic carbocycles. The summed E-state index contributed by atoms with van der Waals surface area (Å²) in [5.41, 5.74) is 0.427. The molecule has 0 atom stereocenters. The summed E-state index contributed by atoms with van der Waals surface area (Å²) in [6.45, 7) is 4.01. The van der Waals surface area contributed by atoms with Gasteiger partial charge in [0, 0.05) is 19.1 Å². The van der Waals surface area contributed by atoms with Gasteiger partial charge in [-0.05, 0) is 18.8 Å². The van der Waals surface area contributed by atoms with Crippen molar-refractivity contribution in [3.05, 3.63) is 11.9 Å². The number of nitrogens with one attached hydrogen (secondary N) is 2. The van der Waals surface area contributed by atoms with Crippen LogP contribution in [-0.2, 0) is 0 Å². The monoisotopic (exact) mass is 235 g/mol. The SMILES string of the molecule is CC1CC(NC(=O)c2cn(C3CNC3)nn2)C1. The van der Waals surface area contributed by atoms with Gasteiger partial charge in [-0.15, -0.1) is 5.10 Å². The second-order valence-corrected chi connectivity index (χ2v) is 5.14. The normalized spacial score (nSPS) is 28.3. The molecule has 0 radical (unpaired) electrons. The van der Waals surface area contributed by atoms with E-state index >= 15 is 0 Å². The van der Waals surface area contributed by atoms with Crippen molar-refractivity contribution in [3.8, 4) is 0 Å². The van der Waals surface area contributed by atoms with Crippen LogP contribution in [0.4, 0.5) is 0 Å². The largest absolute Gasteiger partial charge is 0.348 e. The highest BCUT2D eigenvalue weighted by Gasteiger charge is 2.28. The number of aromatic nitrogens is 3. The number of hydrogen-bond acceptors (Lipinski definition) is 4. The smallest absolute Gasteiger partial charge is 0.273 e. The maximum absolute atomic E-state index is 11.9. The van der Waals surface area contributed by atoms with Gasteiger partial charge in [0.15, 0.2) is 5.69 Å². The predicted molar refractivity (Wildman–Crippen MR) is 61.6 cm³/mol. The fourth-order valence-corrected chi connectivity index (χ4v) is 2.30. The first kappa shape index (κ1) is 10.7. The molecular weight excluding hydrogens is 218 g/mol. The Morgan fingerprint density at radius 3 is 2.88 bits per heavy atom. The zero-order valence-corrected chi connectivity index (χ0v) is 9.89. The summed E-state index contributed by atoms with van der Waals surface area (Å²) in [4.78, 5) is 11.9. The Morgan fingerprint density at radius 2 is 2.29 bits per heavy atom. The van der Waals surface area contributed by atoms with Crippen LogP contribution in [0.3, 0.4) is 0 Å². The van der Waals surface area contributed by atoms with Crippen LogP contribution in [0.25, 0.3) is 0 Å². The highest BCUT2D eigenvalue weighted by Crippen LogP contribution is 2.26. The Morgan fingerprint density at radius 1 is 1.53 bits per heavy atom. The van der Waals surface area contributed by atoms with Gasteiger partial charge >= 0.3 is 0 Å². The van der Waals surface area contributed by atoms with E-state index in [9.17, 15) is 4.79 Å². The predicted octanol–water partition coefficient (Wildman–Crippen LogP) is -0.0493. The first-order valence-electron chi connectivity index (χ1n) is 6.16. The van der Waals surface area contributed by atoms with Gasteiger partial charge in [-0.1, -0.05) is 12.1 Å². The number of amides is 1. The summed E-state index contributed by atoms with van der Waals surface area (Å²) in [6, 6.07) is 0.681. The fourth-order valence-electron chi connectivity index (χ4n) is 2.30. The Labute approximate surface area is 99.8 Å². The van der Waals surface area contributed by atoms with Crippen molar-refractivity contribution in [2.24, 2.45) is 5.92 Å². The number of carbonyl (C=O) groups is 1. The molecule has 1 saturated heterocycles. The Kier molecular flexibility index (Phi) is 2.58. The maximum atomic E-state index is 11.9. The second kappa shape index (κ2) is 4.10. The summed E-state index contributed by atoms with van der Waals surface area (Å²) < 4.78 is 1.77. The van der Waals surface area contributed by atoms with Crippen molar-refractivity contribution in [3.63, 3.8) is 0 Å². The molecule has 1 aromatic heterocycles. The third kappa shape index (κ3) is 2.04. The fraction of sp³-hybridized carbons (Fsp3) is 0.727. The van der Waals surface area contributed by atoms with Crippen LogP contribution in [-0.4, -0.2) is 40.0 Å². The average Bonchev–Trinajstić information content (AvgIpc) is 2.61. The van der Waals surface area contributed by atoms with E-state index < -0.39 is 0 Å². The molecule has 0 bridgehead atoms. The minimum atomic E-state index is -0.0968. The lowest BCUT2D eigenvalue weighted by molar-refractivity contribution is 0.0891. The van der Waals surface area contributed by atoms with Crippen LogP contribution in [0.2, 0.25) is 0 Å². The number of hydrogen-bond donors (Lipinski definition) is 2. The van der Waals surface area contributed by atoms with E-state index in [0.717, 1.165) is 31.8 Å². The van der Waals surface area contributed by atoms with E-state index in [1.165, 1.54) is 0 Å². The van der Waals surface area contributed by atoms with Gasteiger partial charge in [0.25, 0.3) is 5.91 Å². The summed E-state index contributed by atoms with van der Waals surface area (Å²) >= 11 is 0. The molecule has 2 fully saturated rings. The van der Waals surface area contributed by atoms with Gasteiger partial charge in [0.1, 0.15) is 0 Å². The second-order valence-electron chi connectivity index (χ2n) is 5.14. The van der Waals surface area contributed by atoms with Crippen LogP contribution in [0.5, 0.6) is 0 Å². The van der Waals surface area contributed by atoms with Crippen LogP contribution in [0, 0.1) is 5.92 Å². The molecular formula is C11H17N5O. The molecule has 0 unspecified atom stereocenters. The molecule has 2 N–H and O–H groups in total. The summed E-state index contributed by atoms with van der Waals surface area (Å²) in [6.07, 6.45) is 3.89. The van der Waals surface area contributed by atoms with Gasteiger partial charge < -0.3 is 10.6 Å². The topological polar surface area (TPSA) is 71.8 Å². The molecule has 2 heterocycles. The molecule has 17 heavy (non-hydrogen) atoms. The third-order valence-corrected chi connectivity index (χ3v) is 3.59. The molecule has 92 valence electrons. The summed E-state index contributed by atoms with van der Waals surface area (Å²) in [7, 11) is 0. The van der Waals surface area contributed by atoms with E-state index in [4.69, 9.17) is 0 Å². The van der Waals surface area contributed by atoms with Gasteiger partial charge in [-0.3, -0.25) is 4.79 Å². The lowest BCUT2D eigenvalue weighted by Gasteiger charge is -2.32. The molecule has 6 heteroatoms. The molecule has 1 aliphatic heterocycles. The molecule has 1 amide bonds. The zero-order valence-electron chi connectivity index (χ0n) is 9.89. The number of carbonyl (C=O) groups excluding carboxylic acids is 1. The quantitative estimate of drug-likeness (QED) is 0.770. The first-order valence-corrected chi connectivity index (χ1v) is 6.16. The maximum Gasteiger partial charge on any atom is 0.273 e. The molecule has 2 aliphatic rings. The number of nitrogens with zero attached hydrogens (tertiary/aromatic N) is 3. The van der Waals surface area contributed by atoms with Crippen LogP contribution in [0.1, 0.15) is 36.3 Å². The van der Waals surface area contributed by atoms with Crippen LogP contribution >= 0.6 is 0 Å². The van der Waals surface area contributed by atoms with Crippen molar-refractivity contribution in [2.75, 3.05) is 13.1 Å². The Bertz CT molecular complexity index is 419. The molecule has 0 spiro atoms. The molecule has 1 aromatic rings. The Hall–Kier alpha value is -1.43. The first-order chi connectivity index (χ1) is 8.22. The van der Waals surface area contributed by atoms with Crippen molar-refractivity contribution in [1.82, 2.24) is 25.6 Å². The Balaban J connectivity index is 1.59. The van der Waals surface area contributed by atoms with Gasteiger partial charge in [0.2, 0.25) is 0 Å². The van der Waals surface area contributed by atoms with E-state index in [2.05, 4.69) is 27.9 Å². The number of rotatable bonds is 3. The standard InChI is InChI=1S/C11H17N5O/c1-7-2-8(3-7)13-11(17)10-6-16(15-14-10)9-4-12-5-9/h6-9,12H,2-5H2,1H3,(H,13,17). The minimum absolute atomic E-state index is 0.0968. The van der Waals surface area contributed by atoms with Crippen molar-refractivity contribution < 1.29 is 4.79 Å². The molecule has 1 saturated carbocycles. The lowest BCUT2D eigenvalue weighted by Crippen LogP contribution is -2.44. The summed E-state index contributed by atoms with van der Waals surface area (Å²) in [5.74, 6) is 0.637. The van der Waals surface area contributed by atoms with Gasteiger partial charge in [0.05, 0.1) is 12.2 Å². The molecule has 6 nitrogen and oxygen atoms in total. The summed E-state index contributed by atoms with van der Waals surface area (Å²) in [5, 5.41) is 14.1. The lowest BCUT2D eigenvalue weighted by atomic mass is 9.82. The highest BCUT2D eigenvalue weighted by atomic mass is 16.2. The van der Waals surface area contributed by atoms with E-state index in [1.54, 1.807) is 10.9 Å². The van der Waals surface area contributed by atoms with E-state index in [-0.39, 0.29) is 5.91 Å². The van der Waals surface area contributed by atoms with Gasteiger partial charge in [-0.2, -0.15) is 0 Å². The highest BCUT2D eigenvalue weighted by molar-refractivity contribution is 5.92. The molecule has 3 rings (SSSR count). The average molecular weight is 235 g/mol. The van der Waals surface area contributed by atoms with Crippen molar-refractivity contribution in [1.29, 1.82) is 0 Å². The minimum Gasteiger partial charge on any atom is -0.348 e. The van der Waals surface area contributed by atoms with E-state index in [0.29, 0.717) is 17.8 Å². The van der Waals surface area contributed by atoms with Gasteiger partial charge in [-0.25, -0.2) is 4.68 Å². The van der Waals surface area contributed by atoms with Crippen molar-refractivity contribution >= 4 is 5.91 Å². The van der Waals surface area contributed by atoms with Crippen molar-refractivity contribution in [2.45, 2.75) is 31.8 Å². The van der Waals surface area contributed by atoms with Crippen LogP contribution < -0.4 is 10.6 Å².